The van der Waals surface area contributed by atoms with Gasteiger partial charge >= 0.3 is 5.69 Å². The zero-order valence-corrected chi connectivity index (χ0v) is 12.3. The summed E-state index contributed by atoms with van der Waals surface area (Å²) in [6.07, 6.45) is 8.80. The van der Waals surface area contributed by atoms with Gasteiger partial charge in [-0.3, -0.25) is 9.78 Å². The van der Waals surface area contributed by atoms with Gasteiger partial charge in [0.15, 0.2) is 5.65 Å². The molecule has 5 rings (SSSR count). The lowest BCUT2D eigenvalue weighted by atomic mass is 10.1. The lowest BCUT2D eigenvalue weighted by Gasteiger charge is -2.07. The molecule has 7 nitrogen and oxygen atoms in total. The third-order valence-electron chi connectivity index (χ3n) is 4.95. The lowest BCUT2D eigenvalue weighted by Crippen LogP contribution is -2.23. The summed E-state index contributed by atoms with van der Waals surface area (Å²) in [5.41, 5.74) is 2.00. The third-order valence-corrected chi connectivity index (χ3v) is 4.95. The van der Waals surface area contributed by atoms with E-state index in [0.29, 0.717) is 17.2 Å². The van der Waals surface area contributed by atoms with Crippen molar-refractivity contribution in [1.82, 2.24) is 24.6 Å². The summed E-state index contributed by atoms with van der Waals surface area (Å²) >= 11 is 0. The highest BCUT2D eigenvalue weighted by Gasteiger charge is 2.49. The molecule has 116 valence electrons. The maximum atomic E-state index is 12.1. The highest BCUT2D eigenvalue weighted by Crippen LogP contribution is 2.59. The highest BCUT2D eigenvalue weighted by atomic mass is 16.2. The van der Waals surface area contributed by atoms with E-state index in [9.17, 15) is 9.59 Å². The van der Waals surface area contributed by atoms with Crippen LogP contribution in [-0.2, 0) is 0 Å². The number of aromatic amines is 2. The van der Waals surface area contributed by atoms with Crippen molar-refractivity contribution in [2.45, 2.75) is 25.2 Å². The van der Waals surface area contributed by atoms with Crippen molar-refractivity contribution in [3.63, 3.8) is 0 Å². The molecule has 2 saturated carbocycles. The Bertz CT molecular complexity index is 1030. The highest BCUT2D eigenvalue weighted by molar-refractivity contribution is 5.63. The molecule has 2 aliphatic rings. The number of nitrogens with zero attached hydrogens (tertiary/aromatic N) is 3. The van der Waals surface area contributed by atoms with Gasteiger partial charge in [-0.1, -0.05) is 0 Å². The van der Waals surface area contributed by atoms with Crippen LogP contribution in [0.2, 0.25) is 0 Å². The molecule has 23 heavy (non-hydrogen) atoms. The predicted octanol–water partition coefficient (Wildman–Crippen LogP) is 1.29. The van der Waals surface area contributed by atoms with E-state index in [2.05, 4.69) is 20.1 Å². The van der Waals surface area contributed by atoms with Crippen molar-refractivity contribution in [2.75, 3.05) is 0 Å². The number of fused-ring (bicyclic) bond motifs is 1. The van der Waals surface area contributed by atoms with Gasteiger partial charge in [-0.15, -0.1) is 0 Å². The summed E-state index contributed by atoms with van der Waals surface area (Å²) in [4.78, 5) is 32.4. The summed E-state index contributed by atoms with van der Waals surface area (Å²) in [6.45, 7) is 0. The molecule has 3 aromatic rings. The summed E-state index contributed by atoms with van der Waals surface area (Å²) in [5.74, 6) is 2.12. The van der Waals surface area contributed by atoms with Gasteiger partial charge in [0, 0.05) is 24.2 Å². The maximum absolute atomic E-state index is 12.1. The predicted molar refractivity (Wildman–Crippen MR) is 83.2 cm³/mol. The molecular formula is C16H15N5O2. The van der Waals surface area contributed by atoms with Crippen molar-refractivity contribution in [2.24, 2.45) is 11.8 Å². The number of nitrogens with one attached hydrogen (secondary N) is 2. The Morgan fingerprint density at radius 3 is 2.91 bits per heavy atom. The smallest absolute Gasteiger partial charge is 0.313 e. The minimum Gasteiger partial charge on any atom is -0.313 e. The molecule has 3 heterocycles. The second-order valence-electron chi connectivity index (χ2n) is 6.51. The molecule has 2 atom stereocenters. The van der Waals surface area contributed by atoms with Crippen LogP contribution < -0.4 is 11.2 Å². The lowest BCUT2D eigenvalue weighted by molar-refractivity contribution is 0.689. The fourth-order valence-corrected chi connectivity index (χ4v) is 3.56. The minimum atomic E-state index is -0.515. The zero-order valence-electron chi connectivity index (χ0n) is 12.3. The molecule has 0 bridgehead atoms. The standard InChI is InChI=1S/C16H15N5O2/c22-15-12(7-18-16(23)19-15)13-6-11(10-5-9(10)8-1-2-8)14-17-3-4-21(14)20-13/h3-4,6-10H,1-2,5H2,(H2,18,19,22,23)/t9-,10+/m0/s1. The van der Waals surface area contributed by atoms with E-state index in [1.165, 1.54) is 25.5 Å². The molecule has 3 aromatic heterocycles. The molecule has 0 saturated heterocycles. The van der Waals surface area contributed by atoms with Gasteiger partial charge < -0.3 is 4.98 Å². The maximum Gasteiger partial charge on any atom is 0.325 e. The Hall–Kier alpha value is -2.70. The van der Waals surface area contributed by atoms with Gasteiger partial charge in [0.25, 0.3) is 5.56 Å². The van der Waals surface area contributed by atoms with Crippen LogP contribution in [0.15, 0.2) is 34.2 Å². The fourth-order valence-electron chi connectivity index (χ4n) is 3.56. The fraction of sp³-hybridized carbons (Fsp3) is 0.375. The summed E-state index contributed by atoms with van der Waals surface area (Å²) in [7, 11) is 0. The van der Waals surface area contributed by atoms with Gasteiger partial charge in [0.2, 0.25) is 0 Å². The Morgan fingerprint density at radius 1 is 1.26 bits per heavy atom. The Balaban J connectivity index is 1.67. The van der Waals surface area contributed by atoms with Crippen LogP contribution in [0.3, 0.4) is 0 Å². The Labute approximate surface area is 130 Å². The topological polar surface area (TPSA) is 95.9 Å². The number of H-pyrrole nitrogens is 2. The largest absolute Gasteiger partial charge is 0.325 e. The van der Waals surface area contributed by atoms with Crippen LogP contribution in [0.25, 0.3) is 16.9 Å². The number of hydrogen-bond donors (Lipinski definition) is 2. The molecule has 0 aromatic carbocycles. The summed E-state index contributed by atoms with van der Waals surface area (Å²) in [5, 5.41) is 4.46. The van der Waals surface area contributed by atoms with E-state index in [0.717, 1.165) is 23.0 Å². The first-order valence-corrected chi connectivity index (χ1v) is 7.87. The SMILES string of the molecule is O=c1[nH]cc(-c2cc([C@@H]3C[C@H]3C3CC3)c3nccn3n2)c(=O)[nH]1. The van der Waals surface area contributed by atoms with E-state index < -0.39 is 11.2 Å². The molecule has 7 heteroatoms. The molecule has 0 aliphatic heterocycles. The Kier molecular flexibility index (Phi) is 2.45. The first-order chi connectivity index (χ1) is 11.2. The van der Waals surface area contributed by atoms with Crippen molar-refractivity contribution >= 4 is 5.65 Å². The van der Waals surface area contributed by atoms with Crippen LogP contribution in [0.4, 0.5) is 0 Å². The average Bonchev–Trinajstić information content (AvgIpc) is 3.42. The van der Waals surface area contributed by atoms with Crippen LogP contribution >= 0.6 is 0 Å². The number of hydrogen-bond acceptors (Lipinski definition) is 4. The molecule has 0 unspecified atom stereocenters. The van der Waals surface area contributed by atoms with Crippen molar-refractivity contribution in [3.05, 3.63) is 51.1 Å². The second-order valence-corrected chi connectivity index (χ2v) is 6.51. The molecular weight excluding hydrogens is 294 g/mol. The summed E-state index contributed by atoms with van der Waals surface area (Å²) in [6, 6.07) is 1.96. The van der Waals surface area contributed by atoms with Crippen LogP contribution in [-0.4, -0.2) is 24.6 Å². The van der Waals surface area contributed by atoms with Crippen molar-refractivity contribution < 1.29 is 0 Å². The van der Waals surface area contributed by atoms with Crippen LogP contribution in [0.5, 0.6) is 0 Å². The average molecular weight is 309 g/mol. The normalized spacial score (nSPS) is 23.3. The number of imidazole rings is 1. The molecule has 2 N–H and O–H groups in total. The summed E-state index contributed by atoms with van der Waals surface area (Å²) < 4.78 is 1.72. The van der Waals surface area contributed by atoms with Gasteiger partial charge in [-0.25, -0.2) is 14.3 Å². The van der Waals surface area contributed by atoms with Gasteiger partial charge in [0.05, 0.1) is 11.3 Å². The monoisotopic (exact) mass is 309 g/mol. The molecule has 0 spiro atoms. The van der Waals surface area contributed by atoms with E-state index in [1.54, 1.807) is 16.9 Å². The van der Waals surface area contributed by atoms with Gasteiger partial charge in [-0.05, 0) is 43.1 Å². The van der Waals surface area contributed by atoms with Gasteiger partial charge in [0.1, 0.15) is 0 Å². The molecule has 0 amide bonds. The molecule has 0 radical (unpaired) electrons. The zero-order chi connectivity index (χ0) is 15.6. The van der Waals surface area contributed by atoms with E-state index >= 15 is 0 Å². The minimum absolute atomic E-state index is 0.366. The Morgan fingerprint density at radius 2 is 2.13 bits per heavy atom. The number of aromatic nitrogens is 5. The quantitative estimate of drug-likeness (QED) is 0.762. The molecule has 2 aliphatic carbocycles. The van der Waals surface area contributed by atoms with E-state index in [1.807, 2.05) is 6.07 Å². The second kappa shape index (κ2) is 4.41. The van der Waals surface area contributed by atoms with Crippen LogP contribution in [0.1, 0.15) is 30.7 Å². The third kappa shape index (κ3) is 2.03. The van der Waals surface area contributed by atoms with E-state index in [4.69, 9.17) is 0 Å². The first-order valence-electron chi connectivity index (χ1n) is 7.87. The van der Waals surface area contributed by atoms with Gasteiger partial charge in [-0.2, -0.15) is 5.10 Å². The van der Waals surface area contributed by atoms with Crippen molar-refractivity contribution in [1.29, 1.82) is 0 Å². The van der Waals surface area contributed by atoms with Crippen molar-refractivity contribution in [3.8, 4) is 11.3 Å². The number of rotatable bonds is 3. The van der Waals surface area contributed by atoms with E-state index in [-0.39, 0.29) is 0 Å². The molecule has 2 fully saturated rings. The first kappa shape index (κ1) is 12.8. The van der Waals surface area contributed by atoms with Crippen LogP contribution in [0, 0.1) is 11.8 Å².